The Morgan fingerprint density at radius 1 is 1.29 bits per heavy atom. The highest BCUT2D eigenvalue weighted by Gasteiger charge is 2.16. The van der Waals surface area contributed by atoms with Gasteiger partial charge in [0, 0.05) is 25.3 Å². The minimum atomic E-state index is 0.838. The lowest BCUT2D eigenvalue weighted by Gasteiger charge is -2.32. The van der Waals surface area contributed by atoms with Gasteiger partial charge in [0.2, 0.25) is 0 Å². The summed E-state index contributed by atoms with van der Waals surface area (Å²) in [6.45, 7) is 8.94. The molecule has 0 aromatic heterocycles. The number of benzene rings is 1. The number of hydrogen-bond acceptors (Lipinski definition) is 2. The number of piperidine rings is 1. The summed E-state index contributed by atoms with van der Waals surface area (Å²) in [7, 11) is 0. The van der Waals surface area contributed by atoms with Crippen LogP contribution in [0.25, 0.3) is 0 Å². The van der Waals surface area contributed by atoms with Crippen LogP contribution in [0, 0.1) is 5.92 Å². The van der Waals surface area contributed by atoms with Crippen LogP contribution in [-0.4, -0.2) is 19.6 Å². The smallest absolute Gasteiger partial charge is 0.0366 e. The Hall–Kier alpha value is -1.02. The number of anilines is 1. The molecule has 0 radical (unpaired) electrons. The van der Waals surface area contributed by atoms with Crippen LogP contribution in [-0.2, 0) is 6.54 Å². The molecular weight excluding hydrogens is 208 g/mol. The molecular formula is C15H24N2. The normalized spacial score (nSPS) is 20.6. The van der Waals surface area contributed by atoms with Gasteiger partial charge >= 0.3 is 0 Å². The van der Waals surface area contributed by atoms with Gasteiger partial charge in [-0.3, -0.25) is 0 Å². The molecule has 0 saturated carbocycles. The van der Waals surface area contributed by atoms with Gasteiger partial charge in [0.1, 0.15) is 0 Å². The SMILES string of the molecule is CCNCc1ccc(N2CCCC(C)C2)cc1. The molecule has 0 amide bonds. The van der Waals surface area contributed by atoms with Crippen molar-refractivity contribution in [2.75, 3.05) is 24.5 Å². The van der Waals surface area contributed by atoms with Crippen LogP contribution in [0.3, 0.4) is 0 Å². The standard InChI is InChI=1S/C15H24N2/c1-3-16-11-14-6-8-15(9-7-14)17-10-4-5-13(2)12-17/h6-9,13,16H,3-5,10-12H2,1-2H3. The van der Waals surface area contributed by atoms with E-state index in [-0.39, 0.29) is 0 Å². The predicted octanol–water partition coefficient (Wildman–Crippen LogP) is 3.03. The highest BCUT2D eigenvalue weighted by Crippen LogP contribution is 2.23. The molecule has 1 aliphatic heterocycles. The first kappa shape index (κ1) is 12.4. The predicted molar refractivity (Wildman–Crippen MR) is 74.4 cm³/mol. The summed E-state index contributed by atoms with van der Waals surface area (Å²) in [5.74, 6) is 0.838. The Morgan fingerprint density at radius 2 is 2.06 bits per heavy atom. The van der Waals surface area contributed by atoms with Crippen molar-refractivity contribution in [3.05, 3.63) is 29.8 Å². The minimum Gasteiger partial charge on any atom is -0.371 e. The van der Waals surface area contributed by atoms with Crippen LogP contribution in [0.1, 0.15) is 32.3 Å². The maximum Gasteiger partial charge on any atom is 0.0366 e. The van der Waals surface area contributed by atoms with E-state index in [1.54, 1.807) is 0 Å². The van der Waals surface area contributed by atoms with Crippen LogP contribution in [0.2, 0.25) is 0 Å². The molecule has 2 heteroatoms. The molecule has 0 spiro atoms. The second kappa shape index (κ2) is 6.06. The van der Waals surface area contributed by atoms with Crippen molar-refractivity contribution in [1.29, 1.82) is 0 Å². The van der Waals surface area contributed by atoms with Crippen molar-refractivity contribution in [2.24, 2.45) is 5.92 Å². The fraction of sp³-hybridized carbons (Fsp3) is 0.600. The number of rotatable bonds is 4. The second-order valence-corrected chi connectivity index (χ2v) is 5.14. The molecule has 1 unspecified atom stereocenters. The Kier molecular flexibility index (Phi) is 4.43. The van der Waals surface area contributed by atoms with E-state index >= 15 is 0 Å². The lowest BCUT2D eigenvalue weighted by molar-refractivity contribution is 0.447. The summed E-state index contributed by atoms with van der Waals surface area (Å²) in [5.41, 5.74) is 2.76. The van der Waals surface area contributed by atoms with Crippen molar-refractivity contribution >= 4 is 5.69 Å². The van der Waals surface area contributed by atoms with Crippen molar-refractivity contribution in [1.82, 2.24) is 5.32 Å². The molecule has 0 aliphatic carbocycles. The topological polar surface area (TPSA) is 15.3 Å². The molecule has 2 rings (SSSR count). The fourth-order valence-corrected chi connectivity index (χ4v) is 2.52. The van der Waals surface area contributed by atoms with Gasteiger partial charge in [-0.05, 0) is 43.0 Å². The third-order valence-electron chi connectivity index (χ3n) is 3.54. The van der Waals surface area contributed by atoms with Crippen LogP contribution in [0.5, 0.6) is 0 Å². The monoisotopic (exact) mass is 232 g/mol. The Balaban J connectivity index is 1.96. The van der Waals surface area contributed by atoms with E-state index in [9.17, 15) is 0 Å². The van der Waals surface area contributed by atoms with E-state index in [4.69, 9.17) is 0 Å². The quantitative estimate of drug-likeness (QED) is 0.858. The van der Waals surface area contributed by atoms with Gasteiger partial charge in [-0.15, -0.1) is 0 Å². The maximum atomic E-state index is 3.36. The lowest BCUT2D eigenvalue weighted by atomic mass is 9.99. The Bertz CT molecular complexity index is 331. The van der Waals surface area contributed by atoms with Crippen LogP contribution in [0.15, 0.2) is 24.3 Å². The highest BCUT2D eigenvalue weighted by atomic mass is 15.1. The molecule has 1 fully saturated rings. The summed E-state index contributed by atoms with van der Waals surface area (Å²) < 4.78 is 0. The number of hydrogen-bond donors (Lipinski definition) is 1. The van der Waals surface area contributed by atoms with E-state index in [2.05, 4.69) is 48.3 Å². The Morgan fingerprint density at radius 3 is 2.71 bits per heavy atom. The first-order chi connectivity index (χ1) is 8.29. The van der Waals surface area contributed by atoms with E-state index < -0.39 is 0 Å². The largest absolute Gasteiger partial charge is 0.371 e. The zero-order valence-corrected chi connectivity index (χ0v) is 11.1. The van der Waals surface area contributed by atoms with Crippen molar-refractivity contribution in [3.8, 4) is 0 Å². The van der Waals surface area contributed by atoms with E-state index in [0.717, 1.165) is 19.0 Å². The summed E-state index contributed by atoms with van der Waals surface area (Å²) >= 11 is 0. The highest BCUT2D eigenvalue weighted by molar-refractivity contribution is 5.48. The van der Waals surface area contributed by atoms with Crippen molar-refractivity contribution < 1.29 is 0 Å². The average Bonchev–Trinajstić information content (AvgIpc) is 2.37. The van der Waals surface area contributed by atoms with Crippen LogP contribution < -0.4 is 10.2 Å². The number of nitrogens with zero attached hydrogens (tertiary/aromatic N) is 1. The summed E-state index contributed by atoms with van der Waals surface area (Å²) in [6, 6.07) is 9.03. The van der Waals surface area contributed by atoms with Gasteiger partial charge in [0.15, 0.2) is 0 Å². The fourth-order valence-electron chi connectivity index (χ4n) is 2.52. The summed E-state index contributed by atoms with van der Waals surface area (Å²) in [6.07, 6.45) is 2.72. The molecule has 1 heterocycles. The van der Waals surface area contributed by atoms with Gasteiger partial charge in [0.25, 0.3) is 0 Å². The summed E-state index contributed by atoms with van der Waals surface area (Å²) in [4.78, 5) is 2.52. The molecule has 17 heavy (non-hydrogen) atoms. The van der Waals surface area contributed by atoms with Gasteiger partial charge in [-0.1, -0.05) is 26.0 Å². The van der Waals surface area contributed by atoms with E-state index in [0.29, 0.717) is 0 Å². The molecule has 1 aliphatic rings. The molecule has 94 valence electrons. The minimum absolute atomic E-state index is 0.838. The zero-order valence-electron chi connectivity index (χ0n) is 11.1. The molecule has 2 nitrogen and oxygen atoms in total. The van der Waals surface area contributed by atoms with Crippen molar-refractivity contribution in [3.63, 3.8) is 0 Å². The number of nitrogens with one attached hydrogen (secondary N) is 1. The first-order valence-electron chi connectivity index (χ1n) is 6.84. The van der Waals surface area contributed by atoms with Crippen LogP contribution >= 0.6 is 0 Å². The molecule has 1 saturated heterocycles. The van der Waals surface area contributed by atoms with Gasteiger partial charge in [-0.25, -0.2) is 0 Å². The third kappa shape index (κ3) is 3.47. The van der Waals surface area contributed by atoms with Crippen molar-refractivity contribution in [2.45, 2.75) is 33.2 Å². The lowest BCUT2D eigenvalue weighted by Crippen LogP contribution is -2.34. The van der Waals surface area contributed by atoms with Gasteiger partial charge in [0.05, 0.1) is 0 Å². The molecule has 0 bridgehead atoms. The average molecular weight is 232 g/mol. The first-order valence-corrected chi connectivity index (χ1v) is 6.84. The van der Waals surface area contributed by atoms with Gasteiger partial charge < -0.3 is 10.2 Å². The van der Waals surface area contributed by atoms with E-state index in [1.165, 1.54) is 37.2 Å². The molecule has 1 aromatic rings. The maximum absolute atomic E-state index is 3.36. The third-order valence-corrected chi connectivity index (χ3v) is 3.54. The molecule has 1 N–H and O–H groups in total. The Labute approximate surface area is 105 Å². The molecule has 1 atom stereocenters. The second-order valence-electron chi connectivity index (χ2n) is 5.14. The van der Waals surface area contributed by atoms with Gasteiger partial charge in [-0.2, -0.15) is 0 Å². The zero-order chi connectivity index (χ0) is 12.1. The van der Waals surface area contributed by atoms with E-state index in [1.807, 2.05) is 0 Å². The van der Waals surface area contributed by atoms with Crippen LogP contribution in [0.4, 0.5) is 5.69 Å². The molecule has 1 aromatic carbocycles. The summed E-state index contributed by atoms with van der Waals surface area (Å²) in [5, 5.41) is 3.36.